The van der Waals surface area contributed by atoms with E-state index in [0.29, 0.717) is 6.54 Å². The highest BCUT2D eigenvalue weighted by molar-refractivity contribution is 7.99. The van der Waals surface area contributed by atoms with Gasteiger partial charge in [0.1, 0.15) is 0 Å². The van der Waals surface area contributed by atoms with Crippen molar-refractivity contribution in [2.45, 2.75) is 18.6 Å². The van der Waals surface area contributed by atoms with Gasteiger partial charge in [0.05, 0.1) is 0 Å². The van der Waals surface area contributed by atoms with E-state index in [-0.39, 0.29) is 0 Å². The van der Waals surface area contributed by atoms with Gasteiger partial charge in [-0.2, -0.15) is 0 Å². The summed E-state index contributed by atoms with van der Waals surface area (Å²) in [6.45, 7) is 6.75. The van der Waals surface area contributed by atoms with Crippen LogP contribution in [0.1, 0.15) is 12.5 Å². The van der Waals surface area contributed by atoms with Crippen molar-refractivity contribution in [3.8, 4) is 11.4 Å². The van der Waals surface area contributed by atoms with Crippen LogP contribution in [0.3, 0.4) is 0 Å². The molecular formula is C20H20N4S. The third kappa shape index (κ3) is 4.67. The van der Waals surface area contributed by atoms with Gasteiger partial charge in [-0.25, -0.2) is 0 Å². The number of hydrogen-bond donors (Lipinski definition) is 0. The standard InChI is InChI=1S/C20H20N4S/c1-16(2)15-24-19(18-10-12-21-13-11-18)22-23-20(24)25-14-6-9-17-7-4-3-5-8-17/h3-13H,1,14-15H2,2H3/b9-6+. The summed E-state index contributed by atoms with van der Waals surface area (Å²) < 4.78 is 2.11. The zero-order valence-corrected chi connectivity index (χ0v) is 15.0. The van der Waals surface area contributed by atoms with Crippen LogP contribution in [0.5, 0.6) is 0 Å². The Morgan fingerprint density at radius 3 is 2.60 bits per heavy atom. The summed E-state index contributed by atoms with van der Waals surface area (Å²) in [5.41, 5.74) is 3.27. The minimum Gasteiger partial charge on any atom is -0.298 e. The molecule has 126 valence electrons. The molecule has 0 bridgehead atoms. The molecule has 0 N–H and O–H groups in total. The summed E-state index contributed by atoms with van der Waals surface area (Å²) in [5, 5.41) is 9.64. The summed E-state index contributed by atoms with van der Waals surface area (Å²) in [4.78, 5) is 4.07. The Morgan fingerprint density at radius 1 is 1.12 bits per heavy atom. The van der Waals surface area contributed by atoms with E-state index < -0.39 is 0 Å². The molecule has 0 atom stereocenters. The molecule has 2 aromatic heterocycles. The first-order valence-corrected chi connectivity index (χ1v) is 9.05. The van der Waals surface area contributed by atoms with E-state index in [4.69, 9.17) is 0 Å². The summed E-state index contributed by atoms with van der Waals surface area (Å²) >= 11 is 1.67. The van der Waals surface area contributed by atoms with Crippen LogP contribution >= 0.6 is 11.8 Å². The predicted molar refractivity (Wildman–Crippen MR) is 104 cm³/mol. The van der Waals surface area contributed by atoms with Crippen LogP contribution < -0.4 is 0 Å². The van der Waals surface area contributed by atoms with Crippen molar-refractivity contribution in [3.63, 3.8) is 0 Å². The van der Waals surface area contributed by atoms with Gasteiger partial charge in [-0.3, -0.25) is 9.55 Å². The van der Waals surface area contributed by atoms with E-state index >= 15 is 0 Å². The number of thioether (sulfide) groups is 1. The lowest BCUT2D eigenvalue weighted by Crippen LogP contribution is -2.03. The average Bonchev–Trinajstić information content (AvgIpc) is 3.02. The maximum Gasteiger partial charge on any atom is 0.192 e. The van der Waals surface area contributed by atoms with Crippen LogP contribution in [-0.4, -0.2) is 25.5 Å². The molecule has 0 saturated carbocycles. The highest BCUT2D eigenvalue weighted by Crippen LogP contribution is 2.24. The number of benzene rings is 1. The van der Waals surface area contributed by atoms with E-state index in [0.717, 1.165) is 27.9 Å². The van der Waals surface area contributed by atoms with Crippen LogP contribution in [0.4, 0.5) is 0 Å². The summed E-state index contributed by atoms with van der Waals surface area (Å²) in [6.07, 6.45) is 7.80. The van der Waals surface area contributed by atoms with Gasteiger partial charge in [0, 0.05) is 30.3 Å². The van der Waals surface area contributed by atoms with Crippen LogP contribution in [0.2, 0.25) is 0 Å². The molecule has 0 aliphatic carbocycles. The number of pyridine rings is 1. The van der Waals surface area contributed by atoms with Gasteiger partial charge in [0.25, 0.3) is 0 Å². The zero-order chi connectivity index (χ0) is 17.5. The number of rotatable bonds is 7. The van der Waals surface area contributed by atoms with Crippen molar-refractivity contribution in [2.75, 3.05) is 5.75 Å². The summed E-state index contributed by atoms with van der Waals surface area (Å²) in [6, 6.07) is 14.2. The van der Waals surface area contributed by atoms with Crippen molar-refractivity contribution >= 4 is 17.8 Å². The molecular weight excluding hydrogens is 328 g/mol. The minimum absolute atomic E-state index is 0.704. The molecule has 0 unspecified atom stereocenters. The molecule has 0 aliphatic heterocycles. The van der Waals surface area contributed by atoms with E-state index in [1.807, 2.05) is 37.3 Å². The molecule has 3 rings (SSSR count). The maximum atomic E-state index is 4.38. The molecule has 0 radical (unpaired) electrons. The number of nitrogens with zero attached hydrogens (tertiary/aromatic N) is 4. The zero-order valence-electron chi connectivity index (χ0n) is 14.2. The fourth-order valence-electron chi connectivity index (χ4n) is 2.39. The lowest BCUT2D eigenvalue weighted by Gasteiger charge is -2.09. The van der Waals surface area contributed by atoms with Crippen molar-refractivity contribution < 1.29 is 0 Å². The van der Waals surface area contributed by atoms with Crippen molar-refractivity contribution in [1.29, 1.82) is 0 Å². The Kier molecular flexibility index (Phi) is 5.80. The fourth-order valence-corrected chi connectivity index (χ4v) is 3.14. The smallest absolute Gasteiger partial charge is 0.192 e. The Hall–Kier alpha value is -2.66. The van der Waals surface area contributed by atoms with Gasteiger partial charge in [-0.05, 0) is 24.6 Å². The molecule has 25 heavy (non-hydrogen) atoms. The molecule has 5 heteroatoms. The number of aromatic nitrogens is 4. The van der Waals surface area contributed by atoms with Crippen LogP contribution in [-0.2, 0) is 6.54 Å². The third-order valence-electron chi connectivity index (χ3n) is 3.50. The van der Waals surface area contributed by atoms with Gasteiger partial charge in [0.15, 0.2) is 11.0 Å². The van der Waals surface area contributed by atoms with Crippen molar-refractivity contribution in [2.24, 2.45) is 0 Å². The van der Waals surface area contributed by atoms with Crippen molar-refractivity contribution in [3.05, 3.63) is 78.6 Å². The molecule has 1 aromatic carbocycles. The molecule has 2 heterocycles. The SMILES string of the molecule is C=C(C)Cn1c(SC/C=C/c2ccccc2)nnc1-c1ccncc1. The van der Waals surface area contributed by atoms with Gasteiger partial charge < -0.3 is 0 Å². The van der Waals surface area contributed by atoms with Crippen molar-refractivity contribution in [1.82, 2.24) is 19.7 Å². The Balaban J connectivity index is 1.76. The highest BCUT2D eigenvalue weighted by Gasteiger charge is 2.13. The second kappa shape index (κ2) is 8.44. The summed E-state index contributed by atoms with van der Waals surface area (Å²) in [7, 11) is 0. The fraction of sp³-hybridized carbons (Fsp3) is 0.150. The lowest BCUT2D eigenvalue weighted by molar-refractivity contribution is 0.707. The summed E-state index contributed by atoms with van der Waals surface area (Å²) in [5.74, 6) is 1.68. The molecule has 4 nitrogen and oxygen atoms in total. The number of allylic oxidation sites excluding steroid dienone is 1. The van der Waals surface area contributed by atoms with E-state index in [2.05, 4.69) is 50.6 Å². The topological polar surface area (TPSA) is 43.6 Å². The van der Waals surface area contributed by atoms with Crippen LogP contribution in [0.25, 0.3) is 17.5 Å². The Labute approximate surface area is 152 Å². The minimum atomic E-state index is 0.704. The van der Waals surface area contributed by atoms with Gasteiger partial charge in [-0.15, -0.1) is 10.2 Å². The molecule has 0 aliphatic rings. The first kappa shape index (κ1) is 17.2. The predicted octanol–water partition coefficient (Wildman–Crippen LogP) is 4.72. The molecule has 0 saturated heterocycles. The molecule has 0 amide bonds. The number of hydrogen-bond acceptors (Lipinski definition) is 4. The first-order chi connectivity index (χ1) is 12.2. The largest absolute Gasteiger partial charge is 0.298 e. The van der Waals surface area contributed by atoms with E-state index in [1.54, 1.807) is 24.2 Å². The van der Waals surface area contributed by atoms with Gasteiger partial charge in [-0.1, -0.05) is 66.4 Å². The first-order valence-electron chi connectivity index (χ1n) is 8.06. The average molecular weight is 348 g/mol. The second-order valence-corrected chi connectivity index (χ2v) is 6.70. The van der Waals surface area contributed by atoms with Gasteiger partial charge >= 0.3 is 0 Å². The normalized spacial score (nSPS) is 11.1. The molecule has 0 spiro atoms. The Morgan fingerprint density at radius 2 is 1.88 bits per heavy atom. The van der Waals surface area contributed by atoms with E-state index in [1.165, 1.54) is 5.56 Å². The molecule has 3 aromatic rings. The third-order valence-corrected chi connectivity index (χ3v) is 4.42. The van der Waals surface area contributed by atoms with Crippen LogP contribution in [0, 0.1) is 0 Å². The maximum absolute atomic E-state index is 4.38. The second-order valence-electron chi connectivity index (χ2n) is 5.71. The van der Waals surface area contributed by atoms with Crippen LogP contribution in [0.15, 0.2) is 78.2 Å². The Bertz CT molecular complexity index is 854. The van der Waals surface area contributed by atoms with Gasteiger partial charge in [0.2, 0.25) is 0 Å². The van der Waals surface area contributed by atoms with E-state index in [9.17, 15) is 0 Å². The quantitative estimate of drug-likeness (QED) is 0.458. The lowest BCUT2D eigenvalue weighted by atomic mass is 10.2. The molecule has 0 fully saturated rings. The monoisotopic (exact) mass is 348 g/mol. The highest BCUT2D eigenvalue weighted by atomic mass is 32.2.